The lowest BCUT2D eigenvalue weighted by Gasteiger charge is -2.39. The maximum atomic E-state index is 12.7. The molecule has 2 unspecified atom stereocenters. The van der Waals surface area contributed by atoms with Crippen LogP contribution in [0.4, 0.5) is 13.2 Å². The van der Waals surface area contributed by atoms with Gasteiger partial charge in [-0.2, -0.15) is 13.2 Å². The summed E-state index contributed by atoms with van der Waals surface area (Å²) in [5, 5.41) is 7.12. The Morgan fingerprint density at radius 2 is 1.83 bits per heavy atom. The van der Waals surface area contributed by atoms with E-state index in [-0.39, 0.29) is 11.6 Å². The second-order valence-electron chi connectivity index (χ2n) is 10.3. The number of aliphatic carboxylic acids is 1. The van der Waals surface area contributed by atoms with Gasteiger partial charge < -0.3 is 14.7 Å². The van der Waals surface area contributed by atoms with Crippen molar-refractivity contribution in [3.8, 4) is 0 Å². The summed E-state index contributed by atoms with van der Waals surface area (Å²) < 4.78 is 37.6. The quantitative estimate of drug-likeness (QED) is 0.672. The zero-order valence-electron chi connectivity index (χ0n) is 20.1. The lowest BCUT2D eigenvalue weighted by Crippen LogP contribution is -2.49. The molecule has 0 bridgehead atoms. The van der Waals surface area contributed by atoms with E-state index in [0.29, 0.717) is 5.91 Å². The molecule has 0 aromatic heterocycles. The molecule has 1 aromatic rings. The minimum absolute atomic E-state index is 0.0930. The predicted octanol–water partition coefficient (Wildman–Crippen LogP) is 4.33. The summed E-state index contributed by atoms with van der Waals surface area (Å²) in [7, 11) is 0. The van der Waals surface area contributed by atoms with Gasteiger partial charge in [0, 0.05) is 38.2 Å². The molecule has 3 heterocycles. The molecule has 1 amide bonds. The Morgan fingerprint density at radius 3 is 2.54 bits per heavy atom. The summed E-state index contributed by atoms with van der Waals surface area (Å²) in [5.74, 6) is -2.39. The van der Waals surface area contributed by atoms with E-state index >= 15 is 0 Å². The molecule has 1 N–H and O–H groups in total. The third kappa shape index (κ3) is 6.36. The van der Waals surface area contributed by atoms with E-state index in [2.05, 4.69) is 28.0 Å². The number of halogens is 3. The van der Waals surface area contributed by atoms with Gasteiger partial charge >= 0.3 is 12.1 Å². The van der Waals surface area contributed by atoms with Crippen molar-refractivity contribution in [3.05, 3.63) is 34.9 Å². The molecule has 3 saturated heterocycles. The van der Waals surface area contributed by atoms with Crippen molar-refractivity contribution in [2.24, 2.45) is 0 Å². The van der Waals surface area contributed by atoms with E-state index in [4.69, 9.17) is 14.6 Å². The topological polar surface area (TPSA) is 70.1 Å². The Balaban J connectivity index is 0.000000364. The van der Waals surface area contributed by atoms with Crippen molar-refractivity contribution in [3.63, 3.8) is 0 Å². The molecule has 0 saturated carbocycles. The van der Waals surface area contributed by atoms with E-state index in [9.17, 15) is 18.0 Å². The molecule has 4 aliphatic rings. The van der Waals surface area contributed by atoms with Gasteiger partial charge in [0.15, 0.2) is 0 Å². The van der Waals surface area contributed by atoms with Crippen LogP contribution in [-0.4, -0.2) is 70.8 Å². The van der Waals surface area contributed by atoms with Crippen LogP contribution in [0.5, 0.6) is 0 Å². The molecule has 2 atom stereocenters. The van der Waals surface area contributed by atoms with Crippen LogP contribution in [-0.2, 0) is 33.7 Å². The lowest BCUT2D eigenvalue weighted by atomic mass is 9.87. The number of rotatable bonds is 4. The summed E-state index contributed by atoms with van der Waals surface area (Å²) in [5.41, 5.74) is 4.70. The molecule has 5 rings (SSSR count). The molecular formula is C26H35F3N2O4. The van der Waals surface area contributed by atoms with Crippen LogP contribution in [0.25, 0.3) is 0 Å². The van der Waals surface area contributed by atoms with Gasteiger partial charge in [0.1, 0.15) is 0 Å². The van der Waals surface area contributed by atoms with Crippen LogP contribution in [0.15, 0.2) is 18.2 Å². The largest absolute Gasteiger partial charge is 0.490 e. The third-order valence-electron chi connectivity index (χ3n) is 7.91. The molecule has 1 aromatic carbocycles. The number of benzene rings is 1. The normalized spacial score (nSPS) is 27.0. The van der Waals surface area contributed by atoms with Crippen molar-refractivity contribution in [2.45, 2.75) is 88.6 Å². The molecule has 1 aliphatic carbocycles. The summed E-state index contributed by atoms with van der Waals surface area (Å²) in [6, 6.07) is 7.15. The van der Waals surface area contributed by atoms with Crippen molar-refractivity contribution < 1.29 is 32.6 Å². The third-order valence-corrected chi connectivity index (χ3v) is 7.91. The Kier molecular flexibility index (Phi) is 8.06. The fourth-order valence-corrected chi connectivity index (χ4v) is 6.06. The number of likely N-dealkylation sites (tertiary alicyclic amines) is 2. The number of carbonyl (C=O) groups excluding carboxylic acids is 1. The van der Waals surface area contributed by atoms with Crippen LogP contribution in [0, 0.1) is 0 Å². The van der Waals surface area contributed by atoms with Gasteiger partial charge in [-0.05, 0) is 81.0 Å². The average Bonchev–Trinajstić information content (AvgIpc) is 3.52. The summed E-state index contributed by atoms with van der Waals surface area (Å²) in [6.07, 6.45) is 6.54. The highest BCUT2D eigenvalue weighted by molar-refractivity contribution is 5.79. The first-order valence-corrected chi connectivity index (χ1v) is 12.7. The predicted molar refractivity (Wildman–Crippen MR) is 124 cm³/mol. The number of carboxylic acids is 1. The second-order valence-corrected chi connectivity index (χ2v) is 10.3. The number of fused-ring (bicyclic) bond motifs is 1. The standard InChI is InChI=1S/C24H34N2O2.C2HF3O2/c27-23-9-11-24(26(23)18-22-6-2-15-28-22)10-3-13-25(14-12-24)17-19-7-8-20-4-1-5-21(20)16-19;3-2(4,5)1(6)7/h7-8,16,22H,1-6,9-15,17-18H2;(H,6,7). The maximum Gasteiger partial charge on any atom is 0.490 e. The van der Waals surface area contributed by atoms with Crippen LogP contribution in [0.3, 0.4) is 0 Å². The van der Waals surface area contributed by atoms with Crippen molar-refractivity contribution in [1.29, 1.82) is 0 Å². The number of amides is 1. The van der Waals surface area contributed by atoms with Gasteiger partial charge in [0.25, 0.3) is 0 Å². The summed E-state index contributed by atoms with van der Waals surface area (Å²) in [4.78, 5) is 26.4. The van der Waals surface area contributed by atoms with Gasteiger partial charge in [0.05, 0.1) is 6.10 Å². The Hall–Kier alpha value is -2.13. The van der Waals surface area contributed by atoms with Crippen LogP contribution >= 0.6 is 0 Å². The van der Waals surface area contributed by atoms with Crippen molar-refractivity contribution in [1.82, 2.24) is 9.80 Å². The first kappa shape index (κ1) is 25.9. The van der Waals surface area contributed by atoms with Crippen molar-refractivity contribution >= 4 is 11.9 Å². The highest BCUT2D eigenvalue weighted by Gasteiger charge is 2.46. The number of carboxylic acid groups (broad SMARTS) is 1. The zero-order chi connectivity index (χ0) is 25.1. The number of alkyl halides is 3. The van der Waals surface area contributed by atoms with Crippen LogP contribution < -0.4 is 0 Å². The van der Waals surface area contributed by atoms with E-state index in [1.165, 1.54) is 31.2 Å². The Labute approximate surface area is 204 Å². The highest BCUT2D eigenvalue weighted by atomic mass is 19.4. The smallest absolute Gasteiger partial charge is 0.475 e. The molecular weight excluding hydrogens is 461 g/mol. The monoisotopic (exact) mass is 496 g/mol. The van der Waals surface area contributed by atoms with E-state index in [0.717, 1.165) is 71.3 Å². The van der Waals surface area contributed by atoms with Gasteiger partial charge in [-0.25, -0.2) is 4.79 Å². The SMILES string of the molecule is O=C(O)C(F)(F)F.O=C1CCC2(CCCN(Cc3ccc4c(c3)CCC4)CC2)N1CC1CCCO1. The summed E-state index contributed by atoms with van der Waals surface area (Å²) in [6.45, 7) is 5.01. The van der Waals surface area contributed by atoms with Gasteiger partial charge in [-0.1, -0.05) is 18.2 Å². The number of ether oxygens (including phenoxy) is 1. The molecule has 3 aliphatic heterocycles. The number of hydrogen-bond acceptors (Lipinski definition) is 4. The van der Waals surface area contributed by atoms with Crippen LogP contribution in [0.1, 0.15) is 68.1 Å². The van der Waals surface area contributed by atoms with Gasteiger partial charge in [-0.15, -0.1) is 0 Å². The van der Waals surface area contributed by atoms with Gasteiger partial charge in [-0.3, -0.25) is 9.69 Å². The first-order chi connectivity index (χ1) is 16.7. The molecule has 194 valence electrons. The lowest BCUT2D eigenvalue weighted by molar-refractivity contribution is -0.192. The highest BCUT2D eigenvalue weighted by Crippen LogP contribution is 2.40. The first-order valence-electron chi connectivity index (χ1n) is 12.7. The minimum atomic E-state index is -5.08. The zero-order valence-corrected chi connectivity index (χ0v) is 20.1. The van der Waals surface area contributed by atoms with E-state index < -0.39 is 12.1 Å². The Bertz CT molecular complexity index is 916. The number of nitrogens with zero attached hydrogens (tertiary/aromatic N) is 2. The number of aryl methyl sites for hydroxylation is 2. The van der Waals surface area contributed by atoms with E-state index in [1.807, 2.05) is 0 Å². The molecule has 6 nitrogen and oxygen atoms in total. The molecule has 3 fully saturated rings. The minimum Gasteiger partial charge on any atom is -0.475 e. The Morgan fingerprint density at radius 1 is 1.06 bits per heavy atom. The van der Waals surface area contributed by atoms with Gasteiger partial charge in [0.2, 0.25) is 5.91 Å². The molecule has 1 spiro atoms. The second kappa shape index (κ2) is 10.9. The molecule has 0 radical (unpaired) electrons. The fraction of sp³-hybridized carbons (Fsp3) is 0.692. The summed E-state index contributed by atoms with van der Waals surface area (Å²) >= 11 is 0. The van der Waals surface area contributed by atoms with Crippen LogP contribution in [0.2, 0.25) is 0 Å². The maximum absolute atomic E-state index is 12.7. The van der Waals surface area contributed by atoms with Crippen molar-refractivity contribution in [2.75, 3.05) is 26.2 Å². The number of carbonyl (C=O) groups is 2. The fourth-order valence-electron chi connectivity index (χ4n) is 6.06. The van der Waals surface area contributed by atoms with E-state index in [1.54, 1.807) is 11.1 Å². The number of hydrogen-bond donors (Lipinski definition) is 1. The average molecular weight is 497 g/mol. The molecule has 35 heavy (non-hydrogen) atoms. The molecule has 9 heteroatoms.